The molecule has 3 nitrogen and oxygen atoms in total. The van der Waals surface area contributed by atoms with Gasteiger partial charge in [-0.3, -0.25) is 4.79 Å². The van der Waals surface area contributed by atoms with E-state index in [9.17, 15) is 4.79 Å². The van der Waals surface area contributed by atoms with Crippen molar-refractivity contribution in [3.63, 3.8) is 0 Å². The lowest BCUT2D eigenvalue weighted by molar-refractivity contribution is -0.121. The number of nitrogens with two attached hydrogens (primary N) is 1. The van der Waals surface area contributed by atoms with E-state index in [0.717, 1.165) is 25.7 Å². The van der Waals surface area contributed by atoms with Gasteiger partial charge in [-0.1, -0.05) is 44.8 Å². The molecular weight excluding hydrogens is 232 g/mol. The van der Waals surface area contributed by atoms with E-state index < -0.39 is 0 Å². The highest BCUT2D eigenvalue weighted by molar-refractivity contribution is 7.80. The molecule has 3 N–H and O–H groups in total. The topological polar surface area (TPSA) is 55.1 Å². The molecule has 0 aliphatic heterocycles. The first kappa shape index (κ1) is 14.4. The second kappa shape index (κ2) is 7.64. The molecule has 0 aromatic heterocycles. The molecule has 0 spiro atoms. The van der Waals surface area contributed by atoms with E-state index in [0.29, 0.717) is 17.3 Å². The molecule has 0 bridgehead atoms. The predicted molar refractivity (Wildman–Crippen MR) is 74.8 cm³/mol. The first-order valence-electron chi connectivity index (χ1n) is 6.73. The molecule has 1 aliphatic rings. The minimum Gasteiger partial charge on any atom is -0.392 e. The molecule has 98 valence electrons. The normalized spacial score (nSPS) is 16.5. The molecule has 1 amide bonds. The highest BCUT2D eigenvalue weighted by Crippen LogP contribution is 2.32. The van der Waals surface area contributed by atoms with Crippen molar-refractivity contribution in [1.82, 2.24) is 5.32 Å². The molecule has 1 rings (SSSR count). The van der Waals surface area contributed by atoms with Crippen molar-refractivity contribution in [2.24, 2.45) is 11.7 Å². The van der Waals surface area contributed by atoms with Crippen LogP contribution >= 0.6 is 12.2 Å². The zero-order valence-corrected chi connectivity index (χ0v) is 11.5. The molecular formula is C13H24N2OS. The van der Waals surface area contributed by atoms with Gasteiger partial charge >= 0.3 is 0 Å². The van der Waals surface area contributed by atoms with Gasteiger partial charge in [0, 0.05) is 6.42 Å². The van der Waals surface area contributed by atoms with E-state index in [-0.39, 0.29) is 11.9 Å². The first-order valence-corrected chi connectivity index (χ1v) is 7.14. The molecule has 0 saturated heterocycles. The van der Waals surface area contributed by atoms with Crippen LogP contribution in [0, 0.1) is 5.92 Å². The van der Waals surface area contributed by atoms with Gasteiger partial charge < -0.3 is 11.1 Å². The Kier molecular flexibility index (Phi) is 6.48. The Hall–Kier alpha value is -0.640. The van der Waals surface area contributed by atoms with Crippen LogP contribution in [0.3, 0.4) is 0 Å². The zero-order valence-electron chi connectivity index (χ0n) is 10.7. The molecule has 1 aliphatic carbocycles. The van der Waals surface area contributed by atoms with Crippen LogP contribution in [0.1, 0.15) is 58.3 Å². The van der Waals surface area contributed by atoms with Crippen LogP contribution in [0.25, 0.3) is 0 Å². The summed E-state index contributed by atoms with van der Waals surface area (Å²) in [6.07, 6.45) is 8.72. The quantitative estimate of drug-likeness (QED) is 0.492. The van der Waals surface area contributed by atoms with Crippen molar-refractivity contribution in [3.8, 4) is 0 Å². The molecule has 17 heavy (non-hydrogen) atoms. The van der Waals surface area contributed by atoms with E-state index >= 15 is 0 Å². The van der Waals surface area contributed by atoms with E-state index in [1.54, 1.807) is 0 Å². The smallest absolute Gasteiger partial charge is 0.220 e. The van der Waals surface area contributed by atoms with Crippen LogP contribution in [0.4, 0.5) is 0 Å². The maximum atomic E-state index is 11.7. The average Bonchev–Trinajstić information content (AvgIpc) is 3.09. The number of nitrogens with one attached hydrogen (secondary N) is 1. The molecule has 1 saturated carbocycles. The van der Waals surface area contributed by atoms with Crippen molar-refractivity contribution in [2.75, 3.05) is 0 Å². The Balaban J connectivity index is 2.12. The summed E-state index contributed by atoms with van der Waals surface area (Å²) in [6, 6.07) is -0.0619. The summed E-state index contributed by atoms with van der Waals surface area (Å²) in [4.78, 5) is 12.1. The number of carbonyl (C=O) groups excluding carboxylic acids is 1. The van der Waals surface area contributed by atoms with Crippen molar-refractivity contribution in [1.29, 1.82) is 0 Å². The van der Waals surface area contributed by atoms with Gasteiger partial charge in [-0.05, 0) is 25.2 Å². The second-order valence-electron chi connectivity index (χ2n) is 4.95. The van der Waals surface area contributed by atoms with Crippen LogP contribution in [0.5, 0.6) is 0 Å². The SMILES string of the molecule is CCCCCCCC(=O)NC(C(N)=S)C1CC1. The monoisotopic (exact) mass is 256 g/mol. The Morgan fingerprint density at radius 3 is 2.53 bits per heavy atom. The summed E-state index contributed by atoms with van der Waals surface area (Å²) in [7, 11) is 0. The molecule has 0 heterocycles. The molecule has 1 fully saturated rings. The highest BCUT2D eigenvalue weighted by atomic mass is 32.1. The second-order valence-corrected chi connectivity index (χ2v) is 5.42. The van der Waals surface area contributed by atoms with Gasteiger partial charge in [-0.15, -0.1) is 0 Å². The lowest BCUT2D eigenvalue weighted by Crippen LogP contribution is -2.44. The van der Waals surface area contributed by atoms with Gasteiger partial charge in [0.25, 0.3) is 0 Å². The third kappa shape index (κ3) is 6.01. The minimum absolute atomic E-state index is 0.0619. The fourth-order valence-electron chi connectivity index (χ4n) is 1.99. The van der Waals surface area contributed by atoms with Gasteiger partial charge in [0.1, 0.15) is 0 Å². The van der Waals surface area contributed by atoms with Crippen molar-refractivity contribution >= 4 is 23.1 Å². The summed E-state index contributed by atoms with van der Waals surface area (Å²) in [5.74, 6) is 0.600. The Labute approximate surface area is 110 Å². The summed E-state index contributed by atoms with van der Waals surface area (Å²) in [5.41, 5.74) is 5.64. The predicted octanol–water partition coefficient (Wildman–Crippen LogP) is 2.53. The van der Waals surface area contributed by atoms with Crippen LogP contribution < -0.4 is 11.1 Å². The Morgan fingerprint density at radius 1 is 1.35 bits per heavy atom. The number of carbonyl (C=O) groups is 1. The summed E-state index contributed by atoms with van der Waals surface area (Å²) >= 11 is 4.98. The van der Waals surface area contributed by atoms with E-state index in [4.69, 9.17) is 18.0 Å². The van der Waals surface area contributed by atoms with Crippen molar-refractivity contribution < 1.29 is 4.79 Å². The van der Waals surface area contributed by atoms with Gasteiger partial charge in [0.05, 0.1) is 11.0 Å². The first-order chi connectivity index (χ1) is 8.15. The summed E-state index contributed by atoms with van der Waals surface area (Å²) in [6.45, 7) is 2.19. The number of hydrogen-bond acceptors (Lipinski definition) is 2. The van der Waals surface area contributed by atoms with Gasteiger partial charge in [-0.25, -0.2) is 0 Å². The Bertz CT molecular complexity index is 264. The van der Waals surface area contributed by atoms with E-state index in [1.807, 2.05) is 0 Å². The van der Waals surface area contributed by atoms with Crippen molar-refractivity contribution in [3.05, 3.63) is 0 Å². The van der Waals surface area contributed by atoms with E-state index in [2.05, 4.69) is 12.2 Å². The number of rotatable bonds is 9. The van der Waals surface area contributed by atoms with E-state index in [1.165, 1.54) is 19.3 Å². The van der Waals surface area contributed by atoms with Crippen LogP contribution in [-0.4, -0.2) is 16.9 Å². The zero-order chi connectivity index (χ0) is 12.7. The largest absolute Gasteiger partial charge is 0.392 e. The number of thiocarbonyl (C=S) groups is 1. The van der Waals surface area contributed by atoms with Gasteiger partial charge in [-0.2, -0.15) is 0 Å². The molecule has 1 unspecified atom stereocenters. The standard InChI is InChI=1S/C13H24N2OS/c1-2-3-4-5-6-7-11(16)15-12(13(14)17)10-8-9-10/h10,12H,2-9H2,1H3,(H2,14,17)(H,15,16). The fraction of sp³-hybridized carbons (Fsp3) is 0.846. The maximum Gasteiger partial charge on any atom is 0.220 e. The van der Waals surface area contributed by atoms with Crippen LogP contribution in [0.15, 0.2) is 0 Å². The van der Waals surface area contributed by atoms with Crippen molar-refractivity contribution in [2.45, 2.75) is 64.3 Å². The lowest BCUT2D eigenvalue weighted by Gasteiger charge is -2.16. The lowest BCUT2D eigenvalue weighted by atomic mass is 10.1. The highest BCUT2D eigenvalue weighted by Gasteiger charge is 2.33. The summed E-state index contributed by atoms with van der Waals surface area (Å²) < 4.78 is 0. The molecule has 4 heteroatoms. The van der Waals surface area contributed by atoms with Crippen LogP contribution in [0.2, 0.25) is 0 Å². The molecule has 1 atom stereocenters. The maximum absolute atomic E-state index is 11.7. The number of unbranched alkanes of at least 4 members (excludes halogenated alkanes) is 4. The molecule has 0 aromatic rings. The average molecular weight is 256 g/mol. The molecule has 0 aromatic carbocycles. The number of hydrogen-bond donors (Lipinski definition) is 2. The fourth-order valence-corrected chi connectivity index (χ4v) is 2.24. The third-order valence-corrected chi connectivity index (χ3v) is 3.48. The van der Waals surface area contributed by atoms with Gasteiger partial charge in [0.15, 0.2) is 0 Å². The van der Waals surface area contributed by atoms with Gasteiger partial charge in [0.2, 0.25) is 5.91 Å². The molecule has 0 radical (unpaired) electrons. The third-order valence-electron chi connectivity index (χ3n) is 3.22. The van der Waals surface area contributed by atoms with Crippen LogP contribution in [-0.2, 0) is 4.79 Å². The summed E-state index contributed by atoms with van der Waals surface area (Å²) in [5, 5.41) is 2.96. The minimum atomic E-state index is -0.0619. The number of amides is 1. The Morgan fingerprint density at radius 2 is 2.00 bits per heavy atom.